The van der Waals surface area contributed by atoms with E-state index in [4.69, 9.17) is 18.9 Å². The molecule has 0 heterocycles. The van der Waals surface area contributed by atoms with E-state index in [0.29, 0.717) is 86.7 Å². The fraction of sp³-hybridized carbons (Fsp3) is 0.767. The number of unbranched alkanes of at least 4 members (excludes halogenated alkanes) is 28. The Labute approximate surface area is 418 Å². The monoisotopic (exact) mass is 949 g/mol. The third-order valence-corrected chi connectivity index (χ3v) is 13.4. The molecule has 2 rings (SSSR count). The van der Waals surface area contributed by atoms with E-state index in [-0.39, 0.29) is 11.8 Å². The number of nitrogens with zero attached hydrogens (tertiary/aromatic N) is 2. The highest BCUT2D eigenvalue weighted by Crippen LogP contribution is 2.32. The Kier molecular flexibility index (Phi) is 37.9. The lowest BCUT2D eigenvalue weighted by Crippen LogP contribution is -2.41. The number of rotatable bonds is 47. The van der Waals surface area contributed by atoms with Crippen molar-refractivity contribution in [3.05, 3.63) is 47.5 Å². The Hall–Kier alpha value is -3.42. The molecule has 0 spiro atoms. The van der Waals surface area contributed by atoms with Gasteiger partial charge in [0.05, 0.1) is 26.4 Å². The second kappa shape index (κ2) is 42.5. The van der Waals surface area contributed by atoms with Gasteiger partial charge in [-0.05, 0) is 75.9 Å². The Morgan fingerprint density at radius 2 is 0.559 bits per heavy atom. The summed E-state index contributed by atoms with van der Waals surface area (Å²) in [5.41, 5.74) is 1.15. The SMILES string of the molecule is CCCCCCCCCCOc1ccc(C(=O)N(CC)CCN(CC)C(=O)c2ccc(OCCCCCCCCCC)c(OCCCCCCCCCC)c2)cc1OCCCCCCCCCC. The summed E-state index contributed by atoms with van der Waals surface area (Å²) in [6.45, 7) is 17.4. The molecular weight excluding hydrogens is 845 g/mol. The first kappa shape index (κ1) is 60.7. The second-order valence-corrected chi connectivity index (χ2v) is 19.4. The van der Waals surface area contributed by atoms with Gasteiger partial charge in [-0.3, -0.25) is 9.59 Å². The van der Waals surface area contributed by atoms with Crippen LogP contribution < -0.4 is 18.9 Å². The summed E-state index contributed by atoms with van der Waals surface area (Å²) in [7, 11) is 0. The second-order valence-electron chi connectivity index (χ2n) is 19.4. The van der Waals surface area contributed by atoms with E-state index < -0.39 is 0 Å². The number of carbonyl (C=O) groups excluding carboxylic acids is 2. The third kappa shape index (κ3) is 28.3. The van der Waals surface area contributed by atoms with Crippen molar-refractivity contribution in [2.45, 2.75) is 247 Å². The zero-order chi connectivity index (χ0) is 49.1. The van der Waals surface area contributed by atoms with Crippen LogP contribution in [0.25, 0.3) is 0 Å². The van der Waals surface area contributed by atoms with Gasteiger partial charge in [0.2, 0.25) is 0 Å². The van der Waals surface area contributed by atoms with Crippen molar-refractivity contribution < 1.29 is 28.5 Å². The van der Waals surface area contributed by atoms with Crippen LogP contribution in [0.1, 0.15) is 268 Å². The van der Waals surface area contributed by atoms with Crippen LogP contribution in [0.15, 0.2) is 36.4 Å². The van der Waals surface area contributed by atoms with E-state index in [9.17, 15) is 9.59 Å². The summed E-state index contributed by atoms with van der Waals surface area (Å²) in [6.07, 6.45) is 39.6. The lowest BCUT2D eigenvalue weighted by Gasteiger charge is -2.27. The van der Waals surface area contributed by atoms with Crippen LogP contribution in [-0.4, -0.2) is 74.2 Å². The van der Waals surface area contributed by atoms with Gasteiger partial charge in [0, 0.05) is 37.3 Å². The first-order chi connectivity index (χ1) is 33.4. The molecule has 0 bridgehead atoms. The van der Waals surface area contributed by atoms with Crippen LogP contribution in [0.3, 0.4) is 0 Å². The molecule has 0 saturated heterocycles. The molecule has 0 radical (unpaired) electrons. The molecule has 0 aliphatic carbocycles. The minimum absolute atomic E-state index is 0.0720. The minimum atomic E-state index is -0.0720. The predicted molar refractivity (Wildman–Crippen MR) is 288 cm³/mol. The van der Waals surface area contributed by atoms with Crippen LogP contribution in [0.2, 0.25) is 0 Å². The minimum Gasteiger partial charge on any atom is -0.490 e. The van der Waals surface area contributed by atoms with Gasteiger partial charge in [-0.15, -0.1) is 0 Å². The van der Waals surface area contributed by atoms with Crippen LogP contribution in [-0.2, 0) is 0 Å². The van der Waals surface area contributed by atoms with Crippen molar-refractivity contribution in [3.8, 4) is 23.0 Å². The largest absolute Gasteiger partial charge is 0.490 e. The molecule has 0 aliphatic rings. The highest BCUT2D eigenvalue weighted by atomic mass is 16.5. The number of hydrogen-bond donors (Lipinski definition) is 0. The molecule has 8 heteroatoms. The van der Waals surface area contributed by atoms with Crippen LogP contribution in [0.4, 0.5) is 0 Å². The first-order valence-corrected chi connectivity index (χ1v) is 28.8. The molecular formula is C60H104N2O6. The van der Waals surface area contributed by atoms with Crippen LogP contribution in [0, 0.1) is 0 Å². The molecule has 0 saturated carbocycles. The molecule has 68 heavy (non-hydrogen) atoms. The third-order valence-electron chi connectivity index (χ3n) is 13.4. The lowest BCUT2D eigenvalue weighted by atomic mass is 10.1. The van der Waals surface area contributed by atoms with Gasteiger partial charge < -0.3 is 28.7 Å². The zero-order valence-electron chi connectivity index (χ0n) is 45.1. The molecule has 0 aromatic heterocycles. The molecule has 0 atom stereocenters. The van der Waals surface area contributed by atoms with Crippen molar-refractivity contribution >= 4 is 11.8 Å². The average molecular weight is 949 g/mol. The summed E-state index contributed by atoms with van der Waals surface area (Å²) in [4.78, 5) is 31.9. The maximum atomic E-state index is 14.1. The molecule has 390 valence electrons. The van der Waals surface area contributed by atoms with Gasteiger partial charge in [-0.2, -0.15) is 0 Å². The van der Waals surface area contributed by atoms with Crippen LogP contribution >= 0.6 is 0 Å². The number of hydrogen-bond acceptors (Lipinski definition) is 6. The number of carbonyl (C=O) groups is 2. The molecule has 0 N–H and O–H groups in total. The first-order valence-electron chi connectivity index (χ1n) is 28.8. The molecule has 2 aromatic carbocycles. The molecule has 8 nitrogen and oxygen atoms in total. The van der Waals surface area contributed by atoms with Crippen molar-refractivity contribution in [1.29, 1.82) is 0 Å². The van der Waals surface area contributed by atoms with Gasteiger partial charge >= 0.3 is 0 Å². The standard InChI is InChI=1S/C60H104N2O6/c1-7-13-17-21-25-29-33-37-47-65-55-43-41-53(51-57(55)67-49-39-35-31-27-23-19-15-9-3)59(63)61(11-5)45-46-62(12-6)60(64)54-42-44-56(66-48-38-34-30-26-22-18-14-8-2)58(52-54)68-50-40-36-32-28-24-20-16-10-4/h41-44,51-52H,7-40,45-50H2,1-6H3. The van der Waals surface area contributed by atoms with Crippen molar-refractivity contribution in [3.63, 3.8) is 0 Å². The van der Waals surface area contributed by atoms with E-state index in [1.165, 1.54) is 154 Å². The van der Waals surface area contributed by atoms with Gasteiger partial charge in [-0.25, -0.2) is 0 Å². The van der Waals surface area contributed by atoms with Gasteiger partial charge in [0.25, 0.3) is 11.8 Å². The maximum Gasteiger partial charge on any atom is 0.254 e. The molecule has 0 aliphatic heterocycles. The fourth-order valence-corrected chi connectivity index (χ4v) is 8.83. The molecule has 0 fully saturated rings. The number of benzene rings is 2. The Morgan fingerprint density at radius 3 is 0.809 bits per heavy atom. The predicted octanol–water partition coefficient (Wildman–Crippen LogP) is 17.4. The number of likely N-dealkylation sites (N-methyl/N-ethyl adjacent to an activating group) is 2. The lowest BCUT2D eigenvalue weighted by molar-refractivity contribution is 0.0674. The fourth-order valence-electron chi connectivity index (χ4n) is 8.83. The quantitative estimate of drug-likeness (QED) is 0.0615. The van der Waals surface area contributed by atoms with Gasteiger partial charge in [0.15, 0.2) is 23.0 Å². The zero-order valence-corrected chi connectivity index (χ0v) is 45.1. The topological polar surface area (TPSA) is 77.5 Å². The van der Waals surface area contributed by atoms with Gasteiger partial charge in [0.1, 0.15) is 0 Å². The Balaban J connectivity index is 2.09. The summed E-state index contributed by atoms with van der Waals surface area (Å²) in [6, 6.07) is 11.3. The summed E-state index contributed by atoms with van der Waals surface area (Å²) >= 11 is 0. The van der Waals surface area contributed by atoms with E-state index in [1.807, 2.05) is 60.0 Å². The Morgan fingerprint density at radius 1 is 0.324 bits per heavy atom. The summed E-state index contributed by atoms with van der Waals surface area (Å²) in [5, 5.41) is 0. The van der Waals surface area contributed by atoms with Crippen molar-refractivity contribution in [1.82, 2.24) is 9.80 Å². The highest BCUT2D eigenvalue weighted by molar-refractivity contribution is 5.96. The van der Waals surface area contributed by atoms with E-state index in [0.717, 1.165) is 51.4 Å². The summed E-state index contributed by atoms with van der Waals surface area (Å²) < 4.78 is 25.4. The average Bonchev–Trinajstić information content (AvgIpc) is 3.35. The molecule has 2 aromatic rings. The molecule has 2 amide bonds. The normalized spacial score (nSPS) is 11.2. The van der Waals surface area contributed by atoms with E-state index >= 15 is 0 Å². The number of amides is 2. The number of ether oxygens (including phenoxy) is 4. The smallest absolute Gasteiger partial charge is 0.254 e. The van der Waals surface area contributed by atoms with Crippen molar-refractivity contribution in [2.24, 2.45) is 0 Å². The van der Waals surface area contributed by atoms with Crippen LogP contribution in [0.5, 0.6) is 23.0 Å². The van der Waals surface area contributed by atoms with Gasteiger partial charge in [-0.1, -0.05) is 207 Å². The van der Waals surface area contributed by atoms with Crippen molar-refractivity contribution in [2.75, 3.05) is 52.6 Å². The maximum absolute atomic E-state index is 14.1. The summed E-state index contributed by atoms with van der Waals surface area (Å²) in [5.74, 6) is 2.56. The van der Waals surface area contributed by atoms with E-state index in [1.54, 1.807) is 0 Å². The molecule has 0 unspecified atom stereocenters. The van der Waals surface area contributed by atoms with E-state index in [2.05, 4.69) is 27.7 Å². The Bertz CT molecular complexity index is 1400. The highest BCUT2D eigenvalue weighted by Gasteiger charge is 2.22.